The van der Waals surface area contributed by atoms with Gasteiger partial charge in [0.05, 0.1) is 11.8 Å². The average Bonchev–Trinajstić information content (AvgIpc) is 3.15. The lowest BCUT2D eigenvalue weighted by molar-refractivity contribution is -0.589. The first-order valence-corrected chi connectivity index (χ1v) is 7.56. The SMILES string of the molecule is CC1(C)C=CC(c2cnc3[nH]cc(C4=C[NH2+]N=C4)c3c2)=CC1. The smallest absolute Gasteiger partial charge is 0.137 e. The fourth-order valence-corrected chi connectivity index (χ4v) is 2.89. The van der Waals surface area contributed by atoms with E-state index < -0.39 is 0 Å². The van der Waals surface area contributed by atoms with Crippen LogP contribution >= 0.6 is 0 Å². The summed E-state index contributed by atoms with van der Waals surface area (Å²) in [5, 5.41) is 5.30. The Morgan fingerprint density at radius 2 is 2.18 bits per heavy atom. The molecule has 4 heteroatoms. The van der Waals surface area contributed by atoms with Crippen molar-refractivity contribution < 1.29 is 5.43 Å². The summed E-state index contributed by atoms with van der Waals surface area (Å²) in [6, 6.07) is 2.22. The minimum Gasteiger partial charge on any atom is -0.346 e. The zero-order valence-electron chi connectivity index (χ0n) is 12.8. The fourth-order valence-electron chi connectivity index (χ4n) is 2.89. The molecule has 1 aliphatic carbocycles. The number of rotatable bonds is 2. The Morgan fingerprint density at radius 1 is 1.27 bits per heavy atom. The number of pyridine rings is 1. The number of nitrogens with zero attached hydrogens (tertiary/aromatic N) is 2. The summed E-state index contributed by atoms with van der Waals surface area (Å²) in [7, 11) is 0. The molecule has 0 saturated carbocycles. The highest BCUT2D eigenvalue weighted by Gasteiger charge is 2.18. The number of aromatic amines is 1. The quantitative estimate of drug-likeness (QED) is 0.821. The minimum atomic E-state index is 0.251. The lowest BCUT2D eigenvalue weighted by atomic mass is 9.83. The zero-order valence-corrected chi connectivity index (χ0v) is 12.8. The van der Waals surface area contributed by atoms with E-state index in [2.05, 4.69) is 53.2 Å². The van der Waals surface area contributed by atoms with Gasteiger partial charge in [0.25, 0.3) is 0 Å². The molecule has 110 valence electrons. The van der Waals surface area contributed by atoms with Crippen LogP contribution in [0.4, 0.5) is 0 Å². The Morgan fingerprint density at radius 3 is 2.91 bits per heavy atom. The third-order valence-electron chi connectivity index (χ3n) is 4.29. The van der Waals surface area contributed by atoms with Crippen molar-refractivity contribution in [2.75, 3.05) is 0 Å². The average molecular weight is 291 g/mol. The van der Waals surface area contributed by atoms with Gasteiger partial charge in [0.15, 0.2) is 0 Å². The molecule has 0 amide bonds. The molecule has 22 heavy (non-hydrogen) atoms. The topological polar surface area (TPSA) is 57.6 Å². The second-order valence-corrected chi connectivity index (χ2v) is 6.56. The standard InChI is InChI=1S/C18H18N4/c1-18(2)5-3-12(4-6-18)13-7-15-16(14-9-21-22-10-14)11-20-17(15)19-8-13/h3-5,7-11H,6H2,1-2H3,(H,19,20)(H,21,22)/p+1. The van der Waals surface area contributed by atoms with Crippen LogP contribution in [-0.2, 0) is 0 Å². The van der Waals surface area contributed by atoms with E-state index in [-0.39, 0.29) is 5.41 Å². The summed E-state index contributed by atoms with van der Waals surface area (Å²) in [6.07, 6.45) is 15.7. The van der Waals surface area contributed by atoms with Crippen LogP contribution in [-0.4, -0.2) is 16.2 Å². The van der Waals surface area contributed by atoms with Gasteiger partial charge in [0.2, 0.25) is 0 Å². The summed E-state index contributed by atoms with van der Waals surface area (Å²) >= 11 is 0. The number of H-pyrrole nitrogens is 1. The van der Waals surface area contributed by atoms with E-state index in [1.54, 1.807) is 0 Å². The van der Waals surface area contributed by atoms with Crippen LogP contribution in [0.2, 0.25) is 0 Å². The number of aromatic nitrogens is 2. The van der Waals surface area contributed by atoms with E-state index in [1.807, 2.05) is 30.2 Å². The molecule has 0 atom stereocenters. The van der Waals surface area contributed by atoms with Gasteiger partial charge < -0.3 is 4.98 Å². The van der Waals surface area contributed by atoms with Gasteiger partial charge in [-0.2, -0.15) is 5.43 Å². The van der Waals surface area contributed by atoms with Gasteiger partial charge in [-0.05, 0) is 23.5 Å². The third kappa shape index (κ3) is 2.22. The molecule has 2 aliphatic rings. The van der Waals surface area contributed by atoms with Gasteiger partial charge in [0.1, 0.15) is 11.8 Å². The molecule has 3 heterocycles. The van der Waals surface area contributed by atoms with E-state index in [1.165, 1.54) is 11.1 Å². The maximum atomic E-state index is 4.57. The molecular formula is C18H19N4+. The van der Waals surface area contributed by atoms with Gasteiger partial charge in [-0.25, -0.2) is 4.98 Å². The van der Waals surface area contributed by atoms with Crippen molar-refractivity contribution in [1.82, 2.24) is 9.97 Å². The van der Waals surface area contributed by atoms with Gasteiger partial charge in [-0.3, -0.25) is 0 Å². The van der Waals surface area contributed by atoms with Crippen molar-refractivity contribution in [3.8, 4) is 0 Å². The Balaban J connectivity index is 1.78. The van der Waals surface area contributed by atoms with Crippen molar-refractivity contribution in [3.63, 3.8) is 0 Å². The molecular weight excluding hydrogens is 272 g/mol. The van der Waals surface area contributed by atoms with Gasteiger partial charge in [-0.15, -0.1) is 0 Å². The highest BCUT2D eigenvalue weighted by molar-refractivity contribution is 6.14. The molecule has 0 saturated heterocycles. The van der Waals surface area contributed by atoms with E-state index in [9.17, 15) is 0 Å². The number of nitrogens with one attached hydrogen (secondary N) is 1. The van der Waals surface area contributed by atoms with Crippen molar-refractivity contribution in [1.29, 1.82) is 0 Å². The molecule has 3 N–H and O–H groups in total. The predicted octanol–water partition coefficient (Wildman–Crippen LogP) is 2.84. The Bertz CT molecular complexity index is 862. The summed E-state index contributed by atoms with van der Waals surface area (Å²) < 4.78 is 0. The minimum absolute atomic E-state index is 0.251. The maximum absolute atomic E-state index is 4.57. The molecule has 0 radical (unpaired) electrons. The van der Waals surface area contributed by atoms with E-state index in [0.717, 1.165) is 28.6 Å². The van der Waals surface area contributed by atoms with E-state index in [0.29, 0.717) is 0 Å². The Hall–Kier alpha value is -2.46. The Kier molecular flexibility index (Phi) is 2.87. The van der Waals surface area contributed by atoms with Crippen molar-refractivity contribution in [2.24, 2.45) is 10.5 Å². The number of hydrogen-bond donors (Lipinski definition) is 2. The highest BCUT2D eigenvalue weighted by Crippen LogP contribution is 2.33. The van der Waals surface area contributed by atoms with Crippen LogP contribution in [0.25, 0.3) is 22.2 Å². The van der Waals surface area contributed by atoms with Crippen LogP contribution in [0, 0.1) is 5.41 Å². The largest absolute Gasteiger partial charge is 0.346 e. The second kappa shape index (κ2) is 4.78. The second-order valence-electron chi connectivity index (χ2n) is 6.56. The summed E-state index contributed by atoms with van der Waals surface area (Å²) in [6.45, 7) is 4.51. The van der Waals surface area contributed by atoms with Crippen molar-refractivity contribution in [2.45, 2.75) is 20.3 Å². The molecule has 1 aliphatic heterocycles. The third-order valence-corrected chi connectivity index (χ3v) is 4.29. The number of fused-ring (bicyclic) bond motifs is 1. The molecule has 4 rings (SSSR count). The first kappa shape index (κ1) is 13.2. The first-order valence-electron chi connectivity index (χ1n) is 7.56. The molecule has 0 unspecified atom stereocenters. The molecule has 0 aromatic carbocycles. The lowest BCUT2D eigenvalue weighted by Gasteiger charge is -2.22. The summed E-state index contributed by atoms with van der Waals surface area (Å²) in [4.78, 5) is 7.82. The number of nitrogens with two attached hydrogens (primary N) is 1. The number of hydrogen-bond acceptors (Lipinski definition) is 2. The van der Waals surface area contributed by atoms with Gasteiger partial charge in [0, 0.05) is 28.9 Å². The molecule has 2 aromatic heterocycles. The summed E-state index contributed by atoms with van der Waals surface area (Å²) in [5.74, 6) is 0. The van der Waals surface area contributed by atoms with Crippen LogP contribution in [0.15, 0.2) is 48.0 Å². The van der Waals surface area contributed by atoms with Gasteiger partial charge in [-0.1, -0.05) is 37.2 Å². The van der Waals surface area contributed by atoms with E-state index >= 15 is 0 Å². The number of quaternary nitrogens is 1. The monoisotopic (exact) mass is 291 g/mol. The molecule has 0 bridgehead atoms. The normalized spacial score (nSPS) is 19.5. The van der Waals surface area contributed by atoms with Crippen molar-refractivity contribution in [3.05, 3.63) is 54.0 Å². The lowest BCUT2D eigenvalue weighted by Crippen LogP contribution is -2.69. The summed E-state index contributed by atoms with van der Waals surface area (Å²) in [5.41, 5.74) is 7.69. The molecule has 2 aromatic rings. The van der Waals surface area contributed by atoms with Crippen molar-refractivity contribution >= 4 is 28.4 Å². The zero-order chi connectivity index (χ0) is 15.2. The molecule has 4 nitrogen and oxygen atoms in total. The fraction of sp³-hybridized carbons (Fsp3) is 0.222. The van der Waals surface area contributed by atoms with Gasteiger partial charge >= 0.3 is 0 Å². The van der Waals surface area contributed by atoms with Crippen LogP contribution in [0.3, 0.4) is 0 Å². The predicted molar refractivity (Wildman–Crippen MR) is 90.0 cm³/mol. The van der Waals surface area contributed by atoms with E-state index in [4.69, 9.17) is 0 Å². The molecule has 0 fully saturated rings. The van der Waals surface area contributed by atoms with Crippen LogP contribution in [0.1, 0.15) is 31.4 Å². The molecule has 0 spiro atoms. The first-order chi connectivity index (χ1) is 10.6. The van der Waals surface area contributed by atoms with Crippen LogP contribution in [0.5, 0.6) is 0 Å². The Labute approximate surface area is 129 Å². The van der Waals surface area contributed by atoms with Crippen LogP contribution < -0.4 is 5.43 Å². The number of allylic oxidation sites excluding steroid dienone is 5. The highest BCUT2D eigenvalue weighted by atomic mass is 15.3. The maximum Gasteiger partial charge on any atom is 0.137 e.